The first-order valence-electron chi connectivity index (χ1n) is 6.01. The Hall–Kier alpha value is -0.770. The van der Waals surface area contributed by atoms with Crippen LogP contribution in [-0.2, 0) is 4.74 Å². The van der Waals surface area contributed by atoms with Crippen LogP contribution in [0.2, 0.25) is 0 Å². The van der Waals surface area contributed by atoms with Crippen LogP contribution >= 0.6 is 0 Å². The number of amides is 1. The van der Waals surface area contributed by atoms with Crippen LogP contribution in [0.15, 0.2) is 0 Å². The number of carbonyl (C=O) groups excluding carboxylic acids is 1. The highest BCUT2D eigenvalue weighted by atomic mass is 16.5. The van der Waals surface area contributed by atoms with Gasteiger partial charge in [0.2, 0.25) is 0 Å². The van der Waals surface area contributed by atoms with Gasteiger partial charge in [0.05, 0.1) is 6.61 Å². The highest BCUT2D eigenvalue weighted by Crippen LogP contribution is 2.03. The van der Waals surface area contributed by atoms with Gasteiger partial charge in [0.15, 0.2) is 0 Å². The van der Waals surface area contributed by atoms with Gasteiger partial charge in [0, 0.05) is 12.1 Å². The Morgan fingerprint density at radius 1 is 1.12 bits per heavy atom. The predicted molar refractivity (Wildman–Crippen MR) is 64.4 cm³/mol. The molecule has 0 aliphatic heterocycles. The average Bonchev–Trinajstić information content (AvgIpc) is 2.13. The zero-order chi connectivity index (χ0) is 12.4. The van der Waals surface area contributed by atoms with E-state index in [-0.39, 0.29) is 18.2 Å². The number of carbonyl (C=O) groups is 1. The first-order valence-corrected chi connectivity index (χ1v) is 6.01. The molecule has 0 heterocycles. The fourth-order valence-electron chi connectivity index (χ4n) is 1.25. The van der Waals surface area contributed by atoms with Gasteiger partial charge in [0.25, 0.3) is 0 Å². The van der Waals surface area contributed by atoms with Crippen molar-refractivity contribution in [2.75, 3.05) is 13.2 Å². The van der Waals surface area contributed by atoms with Crippen molar-refractivity contribution in [2.45, 2.75) is 58.4 Å². The Balaban J connectivity index is 3.28. The fourth-order valence-corrected chi connectivity index (χ4v) is 1.25. The maximum atomic E-state index is 11.2. The molecule has 0 fully saturated rings. The summed E-state index contributed by atoms with van der Waals surface area (Å²) in [6.07, 6.45) is 4.59. The van der Waals surface area contributed by atoms with Crippen molar-refractivity contribution in [1.82, 2.24) is 5.32 Å². The lowest BCUT2D eigenvalue weighted by atomic mass is 10.1. The molecule has 0 spiro atoms. The maximum Gasteiger partial charge on any atom is 0.407 e. The lowest BCUT2D eigenvalue weighted by molar-refractivity contribution is 0.135. The highest BCUT2D eigenvalue weighted by molar-refractivity contribution is 5.67. The van der Waals surface area contributed by atoms with Crippen molar-refractivity contribution >= 4 is 6.09 Å². The molecule has 4 nitrogen and oxygen atoms in total. The number of rotatable bonds is 7. The average molecular weight is 231 g/mol. The summed E-state index contributed by atoms with van der Waals surface area (Å²) in [7, 11) is 0. The summed E-state index contributed by atoms with van der Waals surface area (Å²) in [6.45, 7) is 6.50. The number of hydrogen-bond acceptors (Lipinski definition) is 3. The predicted octanol–water partition coefficient (Wildman–Crippen LogP) is 2.45. The minimum atomic E-state index is -0.345. The van der Waals surface area contributed by atoms with E-state index >= 15 is 0 Å². The summed E-state index contributed by atoms with van der Waals surface area (Å²) < 4.78 is 5.03. The van der Waals surface area contributed by atoms with Crippen molar-refractivity contribution in [3.05, 3.63) is 0 Å². The van der Waals surface area contributed by atoms with Gasteiger partial charge in [-0.3, -0.25) is 0 Å². The smallest absolute Gasteiger partial charge is 0.407 e. The molecule has 1 amide bonds. The summed E-state index contributed by atoms with van der Waals surface area (Å²) in [6, 6.07) is 0. The quantitative estimate of drug-likeness (QED) is 0.662. The van der Waals surface area contributed by atoms with Crippen molar-refractivity contribution in [1.29, 1.82) is 0 Å². The monoisotopic (exact) mass is 231 g/mol. The van der Waals surface area contributed by atoms with E-state index < -0.39 is 0 Å². The standard InChI is InChI=1S/C12H25NO3/c1-12(2,3)13-11(15)16-10-8-6-4-5-7-9-14/h14H,4-10H2,1-3H3,(H,13,15). The van der Waals surface area contributed by atoms with Gasteiger partial charge in [0.1, 0.15) is 0 Å². The SMILES string of the molecule is CC(C)(C)NC(=O)OCCCCCCCO. The zero-order valence-corrected chi connectivity index (χ0v) is 10.7. The maximum absolute atomic E-state index is 11.2. The molecule has 16 heavy (non-hydrogen) atoms. The van der Waals surface area contributed by atoms with E-state index in [2.05, 4.69) is 5.32 Å². The number of hydrogen-bond donors (Lipinski definition) is 2. The Morgan fingerprint density at radius 3 is 2.25 bits per heavy atom. The van der Waals surface area contributed by atoms with Crippen LogP contribution in [-0.4, -0.2) is 30.0 Å². The molecule has 2 N–H and O–H groups in total. The third kappa shape index (κ3) is 11.3. The molecule has 0 rings (SSSR count). The zero-order valence-electron chi connectivity index (χ0n) is 10.7. The summed E-state index contributed by atoms with van der Waals surface area (Å²) >= 11 is 0. The Morgan fingerprint density at radius 2 is 1.69 bits per heavy atom. The second-order valence-electron chi connectivity index (χ2n) is 5.00. The second kappa shape index (κ2) is 8.39. The van der Waals surface area contributed by atoms with Crippen LogP contribution in [0.1, 0.15) is 52.9 Å². The summed E-state index contributed by atoms with van der Waals surface area (Å²) in [5.74, 6) is 0. The van der Waals surface area contributed by atoms with Crippen LogP contribution in [0.5, 0.6) is 0 Å². The van der Waals surface area contributed by atoms with Gasteiger partial charge in [-0.1, -0.05) is 19.3 Å². The molecule has 0 aliphatic rings. The van der Waals surface area contributed by atoms with Crippen molar-refractivity contribution in [3.8, 4) is 0 Å². The van der Waals surface area contributed by atoms with Gasteiger partial charge in [-0.25, -0.2) is 4.79 Å². The van der Waals surface area contributed by atoms with E-state index in [1.54, 1.807) is 0 Å². The number of aliphatic hydroxyl groups is 1. The van der Waals surface area contributed by atoms with E-state index in [1.807, 2.05) is 20.8 Å². The molecule has 96 valence electrons. The molecule has 0 atom stereocenters. The lowest BCUT2D eigenvalue weighted by Crippen LogP contribution is -2.41. The van der Waals surface area contributed by atoms with Gasteiger partial charge in [-0.05, 0) is 33.6 Å². The third-order valence-corrected chi connectivity index (χ3v) is 2.01. The van der Waals surface area contributed by atoms with E-state index in [0.717, 1.165) is 32.1 Å². The first kappa shape index (κ1) is 15.2. The van der Waals surface area contributed by atoms with Crippen LogP contribution in [0.3, 0.4) is 0 Å². The van der Waals surface area contributed by atoms with Crippen LogP contribution in [0, 0.1) is 0 Å². The molecule has 0 aromatic carbocycles. The van der Waals surface area contributed by atoms with Crippen molar-refractivity contribution < 1.29 is 14.6 Å². The summed E-state index contributed by atoms with van der Waals surface area (Å²) in [4.78, 5) is 11.2. The molecule has 4 heteroatoms. The topological polar surface area (TPSA) is 58.6 Å². The number of unbranched alkanes of at least 4 members (excludes halogenated alkanes) is 4. The number of aliphatic hydroxyl groups excluding tert-OH is 1. The number of alkyl carbamates (subject to hydrolysis) is 1. The van der Waals surface area contributed by atoms with Gasteiger partial charge >= 0.3 is 6.09 Å². The molecule has 0 unspecified atom stereocenters. The van der Waals surface area contributed by atoms with E-state index in [4.69, 9.17) is 9.84 Å². The van der Waals surface area contributed by atoms with Crippen molar-refractivity contribution in [3.63, 3.8) is 0 Å². The number of ether oxygens (including phenoxy) is 1. The van der Waals surface area contributed by atoms with Gasteiger partial charge in [-0.2, -0.15) is 0 Å². The molecule has 0 saturated heterocycles. The largest absolute Gasteiger partial charge is 0.450 e. The Kier molecular flexibility index (Phi) is 7.99. The minimum absolute atomic E-state index is 0.238. The molecular formula is C12H25NO3. The number of nitrogens with one attached hydrogen (secondary N) is 1. The van der Waals surface area contributed by atoms with Gasteiger partial charge in [-0.15, -0.1) is 0 Å². The molecule has 0 aromatic rings. The Labute approximate surface area is 98.4 Å². The molecule has 0 saturated carbocycles. The molecular weight excluding hydrogens is 206 g/mol. The normalized spacial score (nSPS) is 11.2. The van der Waals surface area contributed by atoms with Crippen LogP contribution in [0.25, 0.3) is 0 Å². The first-order chi connectivity index (χ1) is 7.45. The van der Waals surface area contributed by atoms with E-state index in [1.165, 1.54) is 0 Å². The highest BCUT2D eigenvalue weighted by Gasteiger charge is 2.13. The third-order valence-electron chi connectivity index (χ3n) is 2.01. The second-order valence-corrected chi connectivity index (χ2v) is 5.00. The fraction of sp³-hybridized carbons (Fsp3) is 0.917. The van der Waals surface area contributed by atoms with E-state index in [9.17, 15) is 4.79 Å². The molecule has 0 radical (unpaired) electrons. The minimum Gasteiger partial charge on any atom is -0.450 e. The molecule has 0 aromatic heterocycles. The summed E-state index contributed by atoms with van der Waals surface area (Å²) in [5.41, 5.74) is -0.238. The molecule has 0 aliphatic carbocycles. The Bertz CT molecular complexity index is 187. The van der Waals surface area contributed by atoms with Crippen molar-refractivity contribution in [2.24, 2.45) is 0 Å². The lowest BCUT2D eigenvalue weighted by Gasteiger charge is -2.19. The van der Waals surface area contributed by atoms with Crippen LogP contribution in [0.4, 0.5) is 4.79 Å². The van der Waals surface area contributed by atoms with Crippen LogP contribution < -0.4 is 5.32 Å². The summed E-state index contributed by atoms with van der Waals surface area (Å²) in [5, 5.41) is 11.3. The van der Waals surface area contributed by atoms with Gasteiger partial charge < -0.3 is 15.2 Å². The molecule has 0 bridgehead atoms. The van der Waals surface area contributed by atoms with E-state index in [0.29, 0.717) is 6.61 Å².